The van der Waals surface area contributed by atoms with Gasteiger partial charge in [-0.05, 0) is 36.8 Å². The highest BCUT2D eigenvalue weighted by atomic mass is 32.1. The van der Waals surface area contributed by atoms with E-state index in [0.29, 0.717) is 11.6 Å². The third-order valence-electron chi connectivity index (χ3n) is 3.59. The van der Waals surface area contributed by atoms with Crippen LogP contribution in [0.3, 0.4) is 0 Å². The van der Waals surface area contributed by atoms with Crippen molar-refractivity contribution in [2.75, 3.05) is 12.4 Å². The summed E-state index contributed by atoms with van der Waals surface area (Å²) in [6, 6.07) is 11.5. The molecule has 1 heterocycles. The van der Waals surface area contributed by atoms with Gasteiger partial charge in [0.1, 0.15) is 5.75 Å². The molecule has 3 rings (SSSR count). The largest absolute Gasteiger partial charge is 0.497 e. The van der Waals surface area contributed by atoms with Crippen LogP contribution in [-0.4, -0.2) is 24.1 Å². The first-order valence-corrected chi connectivity index (χ1v) is 8.59. The maximum Gasteiger partial charge on any atom is 0.267 e. The summed E-state index contributed by atoms with van der Waals surface area (Å²) in [6.45, 7) is 1.80. The van der Waals surface area contributed by atoms with E-state index in [9.17, 15) is 9.18 Å². The SMILES string of the molecule is CCC(Oc1ccccc1F)C(=O)Nc1nc2ccc(OC)cc2s1. The predicted octanol–water partition coefficient (Wildman–Crippen LogP) is 4.24. The lowest BCUT2D eigenvalue weighted by Crippen LogP contribution is -2.32. The molecule has 0 saturated heterocycles. The number of anilines is 1. The number of nitrogens with one attached hydrogen (secondary N) is 1. The van der Waals surface area contributed by atoms with Gasteiger partial charge in [-0.25, -0.2) is 9.37 Å². The number of hydrogen-bond donors (Lipinski definition) is 1. The van der Waals surface area contributed by atoms with Gasteiger partial charge in [0.15, 0.2) is 22.8 Å². The quantitative estimate of drug-likeness (QED) is 0.714. The fourth-order valence-corrected chi connectivity index (χ4v) is 3.18. The van der Waals surface area contributed by atoms with Crippen LogP contribution in [0.15, 0.2) is 42.5 Å². The van der Waals surface area contributed by atoms with Gasteiger partial charge in [-0.2, -0.15) is 0 Å². The topological polar surface area (TPSA) is 60.5 Å². The Hall–Kier alpha value is -2.67. The van der Waals surface area contributed by atoms with Gasteiger partial charge < -0.3 is 9.47 Å². The minimum absolute atomic E-state index is 0.0542. The fourth-order valence-electron chi connectivity index (χ4n) is 2.29. The van der Waals surface area contributed by atoms with Gasteiger partial charge >= 0.3 is 0 Å². The highest BCUT2D eigenvalue weighted by molar-refractivity contribution is 7.22. The van der Waals surface area contributed by atoms with Crippen LogP contribution >= 0.6 is 11.3 Å². The first-order valence-electron chi connectivity index (χ1n) is 7.77. The van der Waals surface area contributed by atoms with Crippen LogP contribution in [-0.2, 0) is 4.79 Å². The summed E-state index contributed by atoms with van der Waals surface area (Å²) >= 11 is 1.34. The smallest absolute Gasteiger partial charge is 0.267 e. The van der Waals surface area contributed by atoms with Crippen molar-refractivity contribution in [3.8, 4) is 11.5 Å². The normalized spacial score (nSPS) is 12.0. The van der Waals surface area contributed by atoms with Gasteiger partial charge in [-0.15, -0.1) is 0 Å². The molecule has 3 aromatic rings. The number of para-hydroxylation sites is 1. The number of aromatic nitrogens is 1. The van der Waals surface area contributed by atoms with Crippen LogP contribution in [0.25, 0.3) is 10.2 Å². The van der Waals surface area contributed by atoms with E-state index >= 15 is 0 Å². The summed E-state index contributed by atoms with van der Waals surface area (Å²) in [5.41, 5.74) is 0.768. The summed E-state index contributed by atoms with van der Waals surface area (Å²) < 4.78 is 25.3. The maximum absolute atomic E-state index is 13.7. The van der Waals surface area contributed by atoms with E-state index in [1.54, 1.807) is 26.2 Å². The Labute approximate surface area is 148 Å². The lowest BCUT2D eigenvalue weighted by atomic mass is 10.2. The molecule has 1 aromatic heterocycles. The number of rotatable bonds is 6. The predicted molar refractivity (Wildman–Crippen MR) is 95.9 cm³/mol. The standard InChI is InChI=1S/C18H17FN2O3S/c1-3-14(24-15-7-5-4-6-12(15)19)17(22)21-18-20-13-9-8-11(23-2)10-16(13)25-18/h4-10,14H,3H2,1-2H3,(H,20,21,22). The number of hydrogen-bond acceptors (Lipinski definition) is 5. The third kappa shape index (κ3) is 3.88. The number of methoxy groups -OCH3 is 1. The van der Waals surface area contributed by atoms with E-state index in [1.807, 2.05) is 18.2 Å². The molecule has 0 saturated carbocycles. The minimum Gasteiger partial charge on any atom is -0.497 e. The van der Waals surface area contributed by atoms with E-state index in [4.69, 9.17) is 9.47 Å². The first kappa shape index (κ1) is 17.2. The first-order chi connectivity index (χ1) is 12.1. The summed E-state index contributed by atoms with van der Waals surface area (Å²) in [5.74, 6) is -0.0838. The molecule has 5 nitrogen and oxygen atoms in total. The second-order valence-corrected chi connectivity index (χ2v) is 6.32. The monoisotopic (exact) mass is 360 g/mol. The Kier molecular flexibility index (Phi) is 5.14. The Bertz CT molecular complexity index is 897. The zero-order valence-corrected chi connectivity index (χ0v) is 14.6. The Morgan fingerprint density at radius 1 is 1.32 bits per heavy atom. The van der Waals surface area contributed by atoms with Crippen molar-refractivity contribution in [2.24, 2.45) is 0 Å². The zero-order valence-electron chi connectivity index (χ0n) is 13.8. The molecule has 0 aliphatic carbocycles. The van der Waals surface area contributed by atoms with Gasteiger partial charge in [0, 0.05) is 0 Å². The molecular formula is C18H17FN2O3S. The molecule has 25 heavy (non-hydrogen) atoms. The van der Waals surface area contributed by atoms with Crippen molar-refractivity contribution in [3.63, 3.8) is 0 Å². The summed E-state index contributed by atoms with van der Waals surface area (Å²) in [7, 11) is 1.59. The van der Waals surface area contributed by atoms with E-state index in [1.165, 1.54) is 23.5 Å². The van der Waals surface area contributed by atoms with Crippen LogP contribution in [0.1, 0.15) is 13.3 Å². The van der Waals surface area contributed by atoms with Gasteiger partial charge in [-0.1, -0.05) is 30.4 Å². The molecule has 1 atom stereocenters. The Morgan fingerprint density at radius 3 is 2.84 bits per heavy atom. The van der Waals surface area contributed by atoms with Crippen molar-refractivity contribution in [1.82, 2.24) is 4.98 Å². The van der Waals surface area contributed by atoms with Crippen molar-refractivity contribution >= 4 is 32.6 Å². The molecule has 0 radical (unpaired) electrons. The van der Waals surface area contributed by atoms with Gasteiger partial charge in [-0.3, -0.25) is 10.1 Å². The number of nitrogens with zero attached hydrogens (tertiary/aromatic N) is 1. The second-order valence-electron chi connectivity index (χ2n) is 5.29. The molecule has 0 fully saturated rings. The van der Waals surface area contributed by atoms with Gasteiger partial charge in [0.2, 0.25) is 0 Å². The molecule has 0 aliphatic rings. The second kappa shape index (κ2) is 7.48. The maximum atomic E-state index is 13.7. The lowest BCUT2D eigenvalue weighted by Gasteiger charge is -2.16. The summed E-state index contributed by atoms with van der Waals surface area (Å²) in [5, 5.41) is 3.20. The van der Waals surface area contributed by atoms with Crippen molar-refractivity contribution in [2.45, 2.75) is 19.4 Å². The number of amides is 1. The Balaban J connectivity index is 1.74. The molecule has 2 aromatic carbocycles. The number of benzene rings is 2. The van der Waals surface area contributed by atoms with Crippen molar-refractivity contribution < 1.29 is 18.7 Å². The molecule has 7 heteroatoms. The van der Waals surface area contributed by atoms with Crippen molar-refractivity contribution in [1.29, 1.82) is 0 Å². The molecule has 130 valence electrons. The van der Waals surface area contributed by atoms with Crippen LogP contribution in [0.5, 0.6) is 11.5 Å². The Morgan fingerprint density at radius 2 is 2.12 bits per heavy atom. The minimum atomic E-state index is -0.807. The van der Waals surface area contributed by atoms with Crippen LogP contribution in [0, 0.1) is 5.82 Å². The average Bonchev–Trinajstić information content (AvgIpc) is 3.02. The number of carbonyl (C=O) groups is 1. The summed E-state index contributed by atoms with van der Waals surface area (Å²) in [4.78, 5) is 16.8. The molecule has 1 amide bonds. The zero-order chi connectivity index (χ0) is 17.8. The number of ether oxygens (including phenoxy) is 2. The van der Waals surface area contributed by atoms with Crippen LogP contribution in [0.4, 0.5) is 9.52 Å². The molecule has 1 N–H and O–H groups in total. The van der Waals surface area contributed by atoms with Gasteiger partial charge in [0.05, 0.1) is 17.3 Å². The average molecular weight is 360 g/mol. The van der Waals surface area contributed by atoms with Crippen molar-refractivity contribution in [3.05, 3.63) is 48.3 Å². The molecule has 0 aliphatic heterocycles. The highest BCUT2D eigenvalue weighted by Crippen LogP contribution is 2.29. The molecule has 0 spiro atoms. The lowest BCUT2D eigenvalue weighted by molar-refractivity contribution is -0.122. The van der Waals surface area contributed by atoms with E-state index < -0.39 is 11.9 Å². The fraction of sp³-hybridized carbons (Fsp3) is 0.222. The molecular weight excluding hydrogens is 343 g/mol. The summed E-state index contributed by atoms with van der Waals surface area (Å²) in [6.07, 6.45) is -0.405. The number of carbonyl (C=O) groups excluding carboxylic acids is 1. The highest BCUT2D eigenvalue weighted by Gasteiger charge is 2.21. The van der Waals surface area contributed by atoms with E-state index in [-0.39, 0.29) is 11.7 Å². The molecule has 0 bridgehead atoms. The van der Waals surface area contributed by atoms with E-state index in [0.717, 1.165) is 16.0 Å². The third-order valence-corrected chi connectivity index (χ3v) is 4.53. The van der Waals surface area contributed by atoms with Crippen LogP contribution in [0.2, 0.25) is 0 Å². The van der Waals surface area contributed by atoms with Crippen LogP contribution < -0.4 is 14.8 Å². The molecule has 1 unspecified atom stereocenters. The van der Waals surface area contributed by atoms with Gasteiger partial charge in [0.25, 0.3) is 5.91 Å². The number of fused-ring (bicyclic) bond motifs is 1. The van der Waals surface area contributed by atoms with E-state index in [2.05, 4.69) is 10.3 Å². The number of halogens is 1. The number of thiazole rings is 1.